The summed E-state index contributed by atoms with van der Waals surface area (Å²) in [7, 11) is 1.81. The number of likely N-dealkylation sites (tertiary alicyclic amines) is 1. The van der Waals surface area contributed by atoms with E-state index in [1.165, 1.54) is 0 Å². The molecule has 1 aliphatic carbocycles. The Hall–Kier alpha value is -0.570. The van der Waals surface area contributed by atoms with Gasteiger partial charge in [-0.3, -0.25) is 4.79 Å². The van der Waals surface area contributed by atoms with Gasteiger partial charge in [-0.15, -0.1) is 0 Å². The third kappa shape index (κ3) is 1.22. The molecule has 0 bridgehead atoms. The monoisotopic (exact) mass is 169 g/mol. The maximum atomic E-state index is 11.4. The summed E-state index contributed by atoms with van der Waals surface area (Å²) < 4.78 is 0. The van der Waals surface area contributed by atoms with E-state index in [0.29, 0.717) is 5.92 Å². The molecule has 1 saturated heterocycles. The number of hydrogen-bond acceptors (Lipinski definition) is 2. The van der Waals surface area contributed by atoms with Crippen LogP contribution in [-0.4, -0.2) is 35.6 Å². The third-order valence-corrected chi connectivity index (χ3v) is 2.99. The van der Waals surface area contributed by atoms with Gasteiger partial charge in [-0.25, -0.2) is 0 Å². The first-order valence-electron chi connectivity index (χ1n) is 4.63. The molecule has 1 saturated carbocycles. The van der Waals surface area contributed by atoms with Gasteiger partial charge in [0.05, 0.1) is 12.0 Å². The molecule has 1 heterocycles. The van der Waals surface area contributed by atoms with Gasteiger partial charge in [0.2, 0.25) is 5.91 Å². The fourth-order valence-electron chi connectivity index (χ4n) is 1.93. The van der Waals surface area contributed by atoms with Crippen molar-refractivity contribution < 1.29 is 9.90 Å². The highest BCUT2D eigenvalue weighted by Crippen LogP contribution is 2.38. The van der Waals surface area contributed by atoms with Gasteiger partial charge in [0.1, 0.15) is 0 Å². The molecule has 12 heavy (non-hydrogen) atoms. The highest BCUT2D eigenvalue weighted by Gasteiger charge is 2.42. The second-order valence-corrected chi connectivity index (χ2v) is 3.98. The van der Waals surface area contributed by atoms with Gasteiger partial charge in [0.25, 0.3) is 0 Å². The molecule has 1 N–H and O–H groups in total. The molecule has 2 unspecified atom stereocenters. The number of hydrogen-bond donors (Lipinski definition) is 1. The SMILES string of the molecule is CN1CCC(C(O)C2CC2)C1=O. The number of rotatable bonds is 2. The minimum Gasteiger partial charge on any atom is -0.392 e. The van der Waals surface area contributed by atoms with Crippen molar-refractivity contribution in [3.05, 3.63) is 0 Å². The molecule has 3 heteroatoms. The van der Waals surface area contributed by atoms with Crippen LogP contribution in [-0.2, 0) is 4.79 Å². The average molecular weight is 169 g/mol. The molecular weight excluding hydrogens is 154 g/mol. The standard InChI is InChI=1S/C9H15NO2/c1-10-5-4-7(9(10)12)8(11)6-2-3-6/h6-8,11H,2-5H2,1H3. The van der Waals surface area contributed by atoms with Crippen molar-refractivity contribution >= 4 is 5.91 Å². The van der Waals surface area contributed by atoms with Gasteiger partial charge >= 0.3 is 0 Å². The maximum Gasteiger partial charge on any atom is 0.228 e. The Bertz CT molecular complexity index is 201. The first-order chi connectivity index (χ1) is 5.70. The van der Waals surface area contributed by atoms with E-state index in [-0.39, 0.29) is 17.9 Å². The quantitative estimate of drug-likeness (QED) is 0.643. The molecule has 2 fully saturated rings. The minimum absolute atomic E-state index is 0.0949. The molecule has 0 spiro atoms. The molecule has 1 amide bonds. The molecule has 2 aliphatic rings. The van der Waals surface area contributed by atoms with Crippen LogP contribution in [0.4, 0.5) is 0 Å². The molecule has 1 aliphatic heterocycles. The van der Waals surface area contributed by atoms with Gasteiger partial charge < -0.3 is 10.0 Å². The molecule has 3 nitrogen and oxygen atoms in total. The smallest absolute Gasteiger partial charge is 0.228 e. The number of aliphatic hydroxyl groups is 1. The number of aliphatic hydroxyl groups excluding tert-OH is 1. The summed E-state index contributed by atoms with van der Waals surface area (Å²) in [6.07, 6.45) is 2.69. The van der Waals surface area contributed by atoms with Crippen molar-refractivity contribution in [2.24, 2.45) is 11.8 Å². The Labute approximate surface area is 72.4 Å². The van der Waals surface area contributed by atoms with Crippen molar-refractivity contribution in [1.82, 2.24) is 4.90 Å². The summed E-state index contributed by atoms with van der Waals surface area (Å²) in [5, 5.41) is 9.73. The lowest BCUT2D eigenvalue weighted by Crippen LogP contribution is -2.31. The Kier molecular flexibility index (Phi) is 1.83. The zero-order valence-electron chi connectivity index (χ0n) is 7.36. The van der Waals surface area contributed by atoms with Gasteiger partial charge in [-0.05, 0) is 25.2 Å². The number of carbonyl (C=O) groups excluding carboxylic acids is 1. The third-order valence-electron chi connectivity index (χ3n) is 2.99. The van der Waals surface area contributed by atoms with Crippen molar-refractivity contribution in [3.63, 3.8) is 0 Å². The van der Waals surface area contributed by atoms with E-state index in [0.717, 1.165) is 25.8 Å². The second-order valence-electron chi connectivity index (χ2n) is 3.98. The Morgan fingerprint density at radius 3 is 2.58 bits per heavy atom. The normalized spacial score (nSPS) is 32.7. The molecule has 0 radical (unpaired) electrons. The van der Waals surface area contributed by atoms with E-state index in [4.69, 9.17) is 0 Å². The van der Waals surface area contributed by atoms with Crippen LogP contribution >= 0.6 is 0 Å². The van der Waals surface area contributed by atoms with Gasteiger partial charge in [0.15, 0.2) is 0 Å². The largest absolute Gasteiger partial charge is 0.392 e. The molecular formula is C9H15NO2. The van der Waals surface area contributed by atoms with Gasteiger partial charge in [0, 0.05) is 13.6 Å². The first kappa shape index (κ1) is 8.05. The second kappa shape index (κ2) is 2.73. The summed E-state index contributed by atoms with van der Waals surface area (Å²) in [5.74, 6) is 0.461. The summed E-state index contributed by atoms with van der Waals surface area (Å²) in [6.45, 7) is 0.813. The highest BCUT2D eigenvalue weighted by molar-refractivity contribution is 5.81. The maximum absolute atomic E-state index is 11.4. The molecule has 2 rings (SSSR count). The van der Waals surface area contributed by atoms with E-state index in [1.807, 2.05) is 7.05 Å². The van der Waals surface area contributed by atoms with Crippen LogP contribution < -0.4 is 0 Å². The summed E-state index contributed by atoms with van der Waals surface area (Å²) >= 11 is 0. The van der Waals surface area contributed by atoms with E-state index < -0.39 is 0 Å². The molecule has 2 atom stereocenters. The van der Waals surface area contributed by atoms with E-state index >= 15 is 0 Å². The molecule has 0 aromatic rings. The predicted molar refractivity (Wildman–Crippen MR) is 44.5 cm³/mol. The first-order valence-corrected chi connectivity index (χ1v) is 4.63. The van der Waals surface area contributed by atoms with Gasteiger partial charge in [-0.1, -0.05) is 0 Å². The molecule has 0 aromatic heterocycles. The van der Waals surface area contributed by atoms with E-state index in [9.17, 15) is 9.90 Å². The van der Waals surface area contributed by atoms with Crippen LogP contribution in [0.15, 0.2) is 0 Å². The number of nitrogens with zero attached hydrogens (tertiary/aromatic N) is 1. The summed E-state index contributed by atoms with van der Waals surface area (Å²) in [6, 6.07) is 0. The van der Waals surface area contributed by atoms with Crippen LogP contribution in [0.3, 0.4) is 0 Å². The summed E-state index contributed by atoms with van der Waals surface area (Å²) in [4.78, 5) is 13.2. The Morgan fingerprint density at radius 1 is 1.50 bits per heavy atom. The van der Waals surface area contributed by atoms with Crippen LogP contribution in [0.2, 0.25) is 0 Å². The topological polar surface area (TPSA) is 40.5 Å². The highest BCUT2D eigenvalue weighted by atomic mass is 16.3. The van der Waals surface area contributed by atoms with Crippen molar-refractivity contribution in [2.45, 2.75) is 25.4 Å². The lowest BCUT2D eigenvalue weighted by Gasteiger charge is -2.15. The van der Waals surface area contributed by atoms with Crippen LogP contribution in [0.1, 0.15) is 19.3 Å². The molecule has 68 valence electrons. The Balaban J connectivity index is 1.99. The summed E-state index contributed by atoms with van der Waals surface area (Å²) in [5.41, 5.74) is 0. The van der Waals surface area contributed by atoms with Crippen LogP contribution in [0.25, 0.3) is 0 Å². The van der Waals surface area contributed by atoms with E-state index in [1.54, 1.807) is 4.90 Å². The van der Waals surface area contributed by atoms with Crippen molar-refractivity contribution in [2.75, 3.05) is 13.6 Å². The van der Waals surface area contributed by atoms with Crippen molar-refractivity contribution in [3.8, 4) is 0 Å². The predicted octanol–water partition coefficient (Wildman–Crippen LogP) is 0.236. The van der Waals surface area contributed by atoms with Crippen LogP contribution in [0, 0.1) is 11.8 Å². The van der Waals surface area contributed by atoms with Crippen molar-refractivity contribution in [1.29, 1.82) is 0 Å². The zero-order chi connectivity index (χ0) is 8.72. The Morgan fingerprint density at radius 2 is 2.17 bits per heavy atom. The minimum atomic E-state index is -0.359. The fraction of sp³-hybridized carbons (Fsp3) is 0.889. The number of amides is 1. The van der Waals surface area contributed by atoms with Gasteiger partial charge in [-0.2, -0.15) is 0 Å². The molecule has 0 aromatic carbocycles. The van der Waals surface area contributed by atoms with E-state index in [2.05, 4.69) is 0 Å². The average Bonchev–Trinajstić information content (AvgIpc) is 2.82. The lowest BCUT2D eigenvalue weighted by atomic mass is 9.97. The lowest BCUT2D eigenvalue weighted by molar-refractivity contribution is -0.133. The number of carbonyl (C=O) groups is 1. The zero-order valence-corrected chi connectivity index (χ0v) is 7.36. The fourth-order valence-corrected chi connectivity index (χ4v) is 1.93. The van der Waals surface area contributed by atoms with Crippen LogP contribution in [0.5, 0.6) is 0 Å².